The molecular weight excluding hydrogens is 315 g/mol. The second-order valence-corrected chi connectivity index (χ2v) is 6.58. The normalized spacial score (nSPS) is 12.5. The van der Waals surface area contributed by atoms with Crippen molar-refractivity contribution in [2.75, 3.05) is 0 Å². The number of rotatable bonds is 3. The van der Waals surface area contributed by atoms with Crippen molar-refractivity contribution in [3.05, 3.63) is 47.3 Å². The average molecular weight is 335 g/mol. The third-order valence-corrected chi connectivity index (χ3v) is 4.08. The molecule has 128 valence electrons. The van der Waals surface area contributed by atoms with Crippen LogP contribution in [0.2, 0.25) is 0 Å². The van der Waals surface area contributed by atoms with Gasteiger partial charge in [0.05, 0.1) is 11.1 Å². The third-order valence-electron chi connectivity index (χ3n) is 4.08. The number of aromatic nitrogens is 3. The van der Waals surface area contributed by atoms with Crippen LogP contribution in [0.5, 0.6) is 0 Å². The predicted molar refractivity (Wildman–Crippen MR) is 88.4 cm³/mol. The molecule has 0 radical (unpaired) electrons. The van der Waals surface area contributed by atoms with E-state index in [1.807, 2.05) is 30.5 Å². The van der Waals surface area contributed by atoms with E-state index in [0.29, 0.717) is 23.7 Å². The molecule has 3 rings (SSSR count). The SMILES string of the molecule is Cc1ccc(C)n1-c1nn(CC(C)C)c2ccc(C(F)(F)F)cc12. The summed E-state index contributed by atoms with van der Waals surface area (Å²) < 4.78 is 43.1. The molecule has 6 heteroatoms. The molecule has 0 bridgehead atoms. The maximum absolute atomic E-state index is 13.1. The lowest BCUT2D eigenvalue weighted by molar-refractivity contribution is -0.137. The molecule has 0 fully saturated rings. The molecule has 24 heavy (non-hydrogen) atoms. The van der Waals surface area contributed by atoms with Gasteiger partial charge in [-0.25, -0.2) is 0 Å². The predicted octanol–water partition coefficient (Wildman–Crippen LogP) is 5.12. The maximum Gasteiger partial charge on any atom is 0.416 e. The van der Waals surface area contributed by atoms with E-state index in [1.54, 1.807) is 4.68 Å². The van der Waals surface area contributed by atoms with Crippen LogP contribution in [0.3, 0.4) is 0 Å². The largest absolute Gasteiger partial charge is 0.416 e. The Morgan fingerprint density at radius 1 is 1.04 bits per heavy atom. The Labute approximate surface area is 138 Å². The third kappa shape index (κ3) is 2.81. The first-order valence-corrected chi connectivity index (χ1v) is 7.91. The molecule has 0 spiro atoms. The number of hydrogen-bond acceptors (Lipinski definition) is 1. The zero-order valence-corrected chi connectivity index (χ0v) is 14.1. The fourth-order valence-electron chi connectivity index (χ4n) is 2.99. The number of nitrogens with zero attached hydrogens (tertiary/aromatic N) is 3. The highest BCUT2D eigenvalue weighted by molar-refractivity contribution is 5.87. The molecule has 1 aromatic carbocycles. The van der Waals surface area contributed by atoms with Crippen LogP contribution >= 0.6 is 0 Å². The van der Waals surface area contributed by atoms with Crippen LogP contribution in [-0.2, 0) is 12.7 Å². The molecule has 2 heterocycles. The summed E-state index contributed by atoms with van der Waals surface area (Å²) in [7, 11) is 0. The molecular formula is C18H20F3N3. The Balaban J connectivity index is 2.30. The van der Waals surface area contributed by atoms with Crippen LogP contribution in [0.1, 0.15) is 30.8 Å². The lowest BCUT2D eigenvalue weighted by Crippen LogP contribution is -2.07. The summed E-state index contributed by atoms with van der Waals surface area (Å²) in [6, 6.07) is 7.73. The van der Waals surface area contributed by atoms with E-state index in [2.05, 4.69) is 18.9 Å². The fourth-order valence-corrected chi connectivity index (χ4v) is 2.99. The lowest BCUT2D eigenvalue weighted by atomic mass is 10.1. The highest BCUT2D eigenvalue weighted by Crippen LogP contribution is 2.34. The van der Waals surface area contributed by atoms with Gasteiger partial charge in [0.1, 0.15) is 0 Å². The molecule has 0 aliphatic carbocycles. The Bertz CT molecular complexity index is 865. The van der Waals surface area contributed by atoms with Gasteiger partial charge in [0.2, 0.25) is 0 Å². The van der Waals surface area contributed by atoms with Gasteiger partial charge in [0, 0.05) is 23.3 Å². The van der Waals surface area contributed by atoms with Crippen LogP contribution in [-0.4, -0.2) is 14.3 Å². The fraction of sp³-hybridized carbons (Fsp3) is 0.389. The summed E-state index contributed by atoms with van der Waals surface area (Å²) in [6.07, 6.45) is -4.37. The highest BCUT2D eigenvalue weighted by atomic mass is 19.4. The van der Waals surface area contributed by atoms with Crippen molar-refractivity contribution in [3.8, 4) is 5.82 Å². The summed E-state index contributed by atoms with van der Waals surface area (Å²) >= 11 is 0. The monoisotopic (exact) mass is 335 g/mol. The molecule has 0 unspecified atom stereocenters. The van der Waals surface area contributed by atoms with Crippen molar-refractivity contribution in [2.24, 2.45) is 5.92 Å². The molecule has 3 aromatic rings. The first-order chi connectivity index (χ1) is 11.2. The summed E-state index contributed by atoms with van der Waals surface area (Å²) in [5, 5.41) is 5.15. The Hall–Kier alpha value is -2.24. The van der Waals surface area contributed by atoms with E-state index in [1.165, 1.54) is 12.1 Å². The van der Waals surface area contributed by atoms with Crippen LogP contribution in [0, 0.1) is 19.8 Å². The van der Waals surface area contributed by atoms with Gasteiger partial charge >= 0.3 is 6.18 Å². The molecule has 0 saturated carbocycles. The van der Waals surface area contributed by atoms with Gasteiger partial charge in [-0.1, -0.05) is 13.8 Å². The Morgan fingerprint density at radius 2 is 1.67 bits per heavy atom. The van der Waals surface area contributed by atoms with Crippen LogP contribution < -0.4 is 0 Å². The zero-order chi connectivity index (χ0) is 17.6. The summed E-state index contributed by atoms with van der Waals surface area (Å²) in [4.78, 5) is 0. The minimum atomic E-state index is -4.37. The summed E-state index contributed by atoms with van der Waals surface area (Å²) in [5.74, 6) is 0.895. The molecule has 0 atom stereocenters. The molecule has 0 amide bonds. The van der Waals surface area contributed by atoms with Crippen LogP contribution in [0.25, 0.3) is 16.7 Å². The zero-order valence-electron chi connectivity index (χ0n) is 14.1. The van der Waals surface area contributed by atoms with Crippen LogP contribution in [0.15, 0.2) is 30.3 Å². The Morgan fingerprint density at radius 3 is 2.21 bits per heavy atom. The van der Waals surface area contributed by atoms with E-state index in [-0.39, 0.29) is 0 Å². The van der Waals surface area contributed by atoms with Crippen molar-refractivity contribution in [1.29, 1.82) is 0 Å². The van der Waals surface area contributed by atoms with Crippen molar-refractivity contribution in [3.63, 3.8) is 0 Å². The second-order valence-electron chi connectivity index (χ2n) is 6.58. The van der Waals surface area contributed by atoms with Gasteiger partial charge in [-0.2, -0.15) is 18.3 Å². The number of hydrogen-bond donors (Lipinski definition) is 0. The minimum Gasteiger partial charge on any atom is -0.301 e. The number of aryl methyl sites for hydroxylation is 2. The van der Waals surface area contributed by atoms with Gasteiger partial charge in [-0.3, -0.25) is 4.68 Å². The number of halogens is 3. The lowest BCUT2D eigenvalue weighted by Gasteiger charge is -2.09. The first kappa shape index (κ1) is 16.6. The molecule has 0 aliphatic rings. The molecule has 2 aromatic heterocycles. The maximum atomic E-state index is 13.1. The van der Waals surface area contributed by atoms with Crippen molar-refractivity contribution in [2.45, 2.75) is 40.4 Å². The van der Waals surface area contributed by atoms with Crippen molar-refractivity contribution < 1.29 is 13.2 Å². The number of fused-ring (bicyclic) bond motifs is 1. The molecule has 0 N–H and O–H groups in total. The molecule has 0 saturated heterocycles. The van der Waals surface area contributed by atoms with E-state index in [9.17, 15) is 13.2 Å². The van der Waals surface area contributed by atoms with Gasteiger partial charge in [-0.15, -0.1) is 0 Å². The van der Waals surface area contributed by atoms with Crippen LogP contribution in [0.4, 0.5) is 13.2 Å². The standard InChI is InChI=1S/C18H20F3N3/c1-11(2)10-23-16-8-7-14(18(19,20)21)9-15(16)17(22-23)24-12(3)5-6-13(24)4/h5-9,11H,10H2,1-4H3. The minimum absolute atomic E-state index is 0.343. The summed E-state index contributed by atoms with van der Waals surface area (Å²) in [5.41, 5.74) is 1.96. The quantitative estimate of drug-likeness (QED) is 0.651. The van der Waals surface area contributed by atoms with E-state index in [0.717, 1.165) is 23.0 Å². The van der Waals surface area contributed by atoms with Gasteiger partial charge in [-0.05, 0) is 50.1 Å². The Kier molecular flexibility index (Phi) is 3.94. The van der Waals surface area contributed by atoms with Crippen molar-refractivity contribution in [1.82, 2.24) is 14.3 Å². The van der Waals surface area contributed by atoms with Gasteiger partial charge in [0.15, 0.2) is 5.82 Å². The van der Waals surface area contributed by atoms with Gasteiger partial charge < -0.3 is 4.57 Å². The van der Waals surface area contributed by atoms with Gasteiger partial charge in [0.25, 0.3) is 0 Å². The van der Waals surface area contributed by atoms with Crippen molar-refractivity contribution >= 4 is 10.9 Å². The molecule has 3 nitrogen and oxygen atoms in total. The topological polar surface area (TPSA) is 22.8 Å². The summed E-state index contributed by atoms with van der Waals surface area (Å²) in [6.45, 7) is 8.62. The smallest absolute Gasteiger partial charge is 0.301 e. The second kappa shape index (κ2) is 5.69. The number of alkyl halides is 3. The first-order valence-electron chi connectivity index (χ1n) is 7.91. The highest BCUT2D eigenvalue weighted by Gasteiger charge is 2.31. The average Bonchev–Trinajstić information content (AvgIpc) is 2.98. The van der Waals surface area contributed by atoms with E-state index < -0.39 is 11.7 Å². The molecule has 0 aliphatic heterocycles. The number of benzene rings is 1. The van der Waals surface area contributed by atoms with E-state index in [4.69, 9.17) is 0 Å². The van der Waals surface area contributed by atoms with E-state index >= 15 is 0 Å².